The van der Waals surface area contributed by atoms with Crippen LogP contribution in [0.2, 0.25) is 5.02 Å². The van der Waals surface area contributed by atoms with Crippen LogP contribution in [0.5, 0.6) is 0 Å². The number of carbonyl (C=O) groups is 1. The number of hydrogen-bond donors (Lipinski definition) is 2. The van der Waals surface area contributed by atoms with Crippen LogP contribution in [0.1, 0.15) is 43.5 Å². The zero-order valence-corrected chi connectivity index (χ0v) is 11.5. The predicted octanol–water partition coefficient (Wildman–Crippen LogP) is 2.84. The van der Waals surface area contributed by atoms with Crippen molar-refractivity contribution in [2.75, 3.05) is 11.9 Å². The third-order valence-electron chi connectivity index (χ3n) is 3.33. The molecule has 1 aromatic heterocycles. The number of halogens is 1. The third-order valence-corrected chi connectivity index (χ3v) is 3.63. The molecule has 2 rings (SSSR count). The molecule has 2 N–H and O–H groups in total. The first kappa shape index (κ1) is 13.1. The Morgan fingerprint density at radius 1 is 1.56 bits per heavy atom. The third kappa shape index (κ3) is 2.75. The molecule has 0 aromatic carbocycles. The smallest absolute Gasteiger partial charge is 0.253 e. The molecule has 1 aliphatic carbocycles. The molecule has 0 bridgehead atoms. The van der Waals surface area contributed by atoms with E-state index in [4.69, 9.17) is 11.6 Å². The van der Waals surface area contributed by atoms with Crippen molar-refractivity contribution in [1.29, 1.82) is 0 Å². The molecule has 5 heteroatoms. The van der Waals surface area contributed by atoms with Crippen LogP contribution in [-0.2, 0) is 0 Å². The summed E-state index contributed by atoms with van der Waals surface area (Å²) in [7, 11) is 0. The second-order valence-electron chi connectivity index (χ2n) is 4.95. The number of carbonyl (C=O) groups excluding carboxylic acids is 1. The summed E-state index contributed by atoms with van der Waals surface area (Å²) >= 11 is 6.03. The van der Waals surface area contributed by atoms with Gasteiger partial charge in [-0.25, -0.2) is 4.98 Å². The fourth-order valence-corrected chi connectivity index (χ4v) is 2.25. The quantitative estimate of drug-likeness (QED) is 0.882. The Morgan fingerprint density at radius 2 is 2.28 bits per heavy atom. The molecule has 0 aliphatic heterocycles. The lowest BCUT2D eigenvalue weighted by Gasteiger charge is -2.39. The molecular formula is C13H18ClN3O. The summed E-state index contributed by atoms with van der Waals surface area (Å²) < 4.78 is 0. The number of rotatable bonds is 4. The Labute approximate surface area is 112 Å². The molecule has 4 nitrogen and oxygen atoms in total. The molecule has 0 unspecified atom stereocenters. The summed E-state index contributed by atoms with van der Waals surface area (Å²) in [5.74, 6) is 0.551. The maximum Gasteiger partial charge on any atom is 0.253 e. The van der Waals surface area contributed by atoms with Crippen LogP contribution in [0, 0.1) is 0 Å². The summed E-state index contributed by atoms with van der Waals surface area (Å²) in [5, 5.41) is 6.50. The number of anilines is 1. The zero-order valence-electron chi connectivity index (χ0n) is 10.7. The molecular weight excluding hydrogens is 250 g/mol. The van der Waals surface area contributed by atoms with E-state index in [1.807, 2.05) is 6.92 Å². The van der Waals surface area contributed by atoms with Gasteiger partial charge in [0.05, 0.1) is 10.6 Å². The van der Waals surface area contributed by atoms with E-state index in [-0.39, 0.29) is 11.4 Å². The molecule has 1 saturated carbocycles. The van der Waals surface area contributed by atoms with Crippen LogP contribution in [-0.4, -0.2) is 23.0 Å². The molecule has 0 saturated heterocycles. The first-order valence-corrected chi connectivity index (χ1v) is 6.64. The van der Waals surface area contributed by atoms with E-state index < -0.39 is 0 Å². The number of pyridine rings is 1. The lowest BCUT2D eigenvalue weighted by atomic mass is 9.78. The van der Waals surface area contributed by atoms with Crippen molar-refractivity contribution in [3.05, 3.63) is 22.8 Å². The normalized spacial score (nSPS) is 16.8. The first-order chi connectivity index (χ1) is 8.54. The Bertz CT molecular complexity index is 458. The predicted molar refractivity (Wildman–Crippen MR) is 73.1 cm³/mol. The van der Waals surface area contributed by atoms with E-state index in [0.29, 0.717) is 16.4 Å². The van der Waals surface area contributed by atoms with Crippen LogP contribution in [0.25, 0.3) is 0 Å². The lowest BCUT2D eigenvalue weighted by molar-refractivity contribution is 0.0850. The van der Waals surface area contributed by atoms with Crippen LogP contribution in [0.15, 0.2) is 12.3 Å². The van der Waals surface area contributed by atoms with Gasteiger partial charge in [0.15, 0.2) is 0 Å². The minimum Gasteiger partial charge on any atom is -0.370 e. The molecule has 1 aromatic rings. The molecule has 0 spiro atoms. The van der Waals surface area contributed by atoms with Gasteiger partial charge in [-0.15, -0.1) is 0 Å². The largest absolute Gasteiger partial charge is 0.370 e. The Hall–Kier alpha value is -1.29. The maximum absolute atomic E-state index is 12.2. The second-order valence-corrected chi connectivity index (χ2v) is 5.36. The molecule has 1 fully saturated rings. The highest BCUT2D eigenvalue weighted by Gasteiger charge is 2.33. The summed E-state index contributed by atoms with van der Waals surface area (Å²) in [6.45, 7) is 4.80. The Kier molecular flexibility index (Phi) is 3.76. The zero-order chi connectivity index (χ0) is 13.2. The number of hydrogen-bond acceptors (Lipinski definition) is 3. The van der Waals surface area contributed by atoms with E-state index in [9.17, 15) is 4.79 Å². The van der Waals surface area contributed by atoms with Crippen molar-refractivity contribution in [1.82, 2.24) is 10.3 Å². The summed E-state index contributed by atoms with van der Waals surface area (Å²) in [4.78, 5) is 16.3. The number of amides is 1. The van der Waals surface area contributed by atoms with E-state index in [0.717, 1.165) is 19.4 Å². The van der Waals surface area contributed by atoms with Gasteiger partial charge in [-0.2, -0.15) is 0 Å². The highest BCUT2D eigenvalue weighted by molar-refractivity contribution is 6.33. The standard InChI is InChI=1S/C13H18ClN3O/c1-3-15-11-7-9(10(14)8-16-11)12(18)17-13(2)5-4-6-13/h7-8H,3-6H2,1-2H3,(H,15,16)(H,17,18). The number of nitrogens with one attached hydrogen (secondary N) is 2. The first-order valence-electron chi connectivity index (χ1n) is 6.26. The van der Waals surface area contributed by atoms with Gasteiger partial charge in [-0.1, -0.05) is 11.6 Å². The van der Waals surface area contributed by atoms with E-state index >= 15 is 0 Å². The minimum absolute atomic E-state index is 0.0674. The molecule has 1 aliphatic rings. The lowest BCUT2D eigenvalue weighted by Crippen LogP contribution is -2.51. The average molecular weight is 268 g/mol. The van der Waals surface area contributed by atoms with E-state index in [1.165, 1.54) is 12.6 Å². The Morgan fingerprint density at radius 3 is 2.83 bits per heavy atom. The topological polar surface area (TPSA) is 54.0 Å². The van der Waals surface area contributed by atoms with Crippen LogP contribution < -0.4 is 10.6 Å². The molecule has 0 radical (unpaired) electrons. The number of aromatic nitrogens is 1. The molecule has 18 heavy (non-hydrogen) atoms. The SMILES string of the molecule is CCNc1cc(C(=O)NC2(C)CCC2)c(Cl)cn1. The summed E-state index contributed by atoms with van der Waals surface area (Å²) in [6.07, 6.45) is 4.74. The number of nitrogens with zero attached hydrogens (tertiary/aromatic N) is 1. The molecule has 98 valence electrons. The minimum atomic E-state index is -0.122. The Balaban J connectivity index is 2.15. The van der Waals surface area contributed by atoms with Gasteiger partial charge >= 0.3 is 0 Å². The molecule has 0 atom stereocenters. The van der Waals surface area contributed by atoms with Crippen molar-refractivity contribution in [2.45, 2.75) is 38.6 Å². The second kappa shape index (κ2) is 5.14. The summed E-state index contributed by atoms with van der Waals surface area (Å²) in [6, 6.07) is 1.70. The van der Waals surface area contributed by atoms with Crippen molar-refractivity contribution < 1.29 is 4.79 Å². The van der Waals surface area contributed by atoms with E-state index in [2.05, 4.69) is 22.5 Å². The van der Waals surface area contributed by atoms with Gasteiger partial charge < -0.3 is 10.6 Å². The maximum atomic E-state index is 12.2. The van der Waals surface area contributed by atoms with Crippen molar-refractivity contribution in [2.24, 2.45) is 0 Å². The van der Waals surface area contributed by atoms with Crippen LogP contribution >= 0.6 is 11.6 Å². The highest BCUT2D eigenvalue weighted by Crippen LogP contribution is 2.31. The van der Waals surface area contributed by atoms with E-state index in [1.54, 1.807) is 6.07 Å². The van der Waals surface area contributed by atoms with Gasteiger partial charge in [0.2, 0.25) is 0 Å². The monoisotopic (exact) mass is 267 g/mol. The van der Waals surface area contributed by atoms with Crippen molar-refractivity contribution >= 4 is 23.3 Å². The van der Waals surface area contributed by atoms with Crippen LogP contribution in [0.4, 0.5) is 5.82 Å². The average Bonchev–Trinajstić information content (AvgIpc) is 2.30. The highest BCUT2D eigenvalue weighted by atomic mass is 35.5. The van der Waals surface area contributed by atoms with Crippen LogP contribution in [0.3, 0.4) is 0 Å². The van der Waals surface area contributed by atoms with Crippen molar-refractivity contribution in [3.8, 4) is 0 Å². The van der Waals surface area contributed by atoms with Gasteiger partial charge in [0.1, 0.15) is 5.82 Å². The van der Waals surface area contributed by atoms with Gasteiger partial charge in [-0.05, 0) is 39.2 Å². The van der Waals surface area contributed by atoms with Gasteiger partial charge in [0, 0.05) is 18.3 Å². The fraction of sp³-hybridized carbons (Fsp3) is 0.538. The van der Waals surface area contributed by atoms with Gasteiger partial charge in [-0.3, -0.25) is 4.79 Å². The summed E-state index contributed by atoms with van der Waals surface area (Å²) in [5.41, 5.74) is 0.415. The van der Waals surface area contributed by atoms with Crippen molar-refractivity contribution in [3.63, 3.8) is 0 Å². The van der Waals surface area contributed by atoms with Gasteiger partial charge in [0.25, 0.3) is 5.91 Å². The molecule has 1 amide bonds. The molecule has 1 heterocycles. The fourth-order valence-electron chi connectivity index (χ4n) is 2.06.